The third-order valence-corrected chi connectivity index (χ3v) is 2.64. The van der Waals surface area contributed by atoms with E-state index in [0.29, 0.717) is 19.6 Å². The monoisotopic (exact) mass is 285 g/mol. The Morgan fingerprint density at radius 1 is 1.20 bits per heavy atom. The van der Waals surface area contributed by atoms with Crippen LogP contribution < -0.4 is 10.6 Å². The lowest BCUT2D eigenvalue weighted by molar-refractivity contribution is -0.125. The summed E-state index contributed by atoms with van der Waals surface area (Å²) in [6, 6.07) is -0.393. The topological polar surface area (TPSA) is 70.7 Å². The van der Waals surface area contributed by atoms with E-state index in [0.717, 1.165) is 0 Å². The molecular formula is C14H27N3O3. The lowest BCUT2D eigenvalue weighted by Crippen LogP contribution is -2.60. The summed E-state index contributed by atoms with van der Waals surface area (Å²) in [4.78, 5) is 25.7. The summed E-state index contributed by atoms with van der Waals surface area (Å²) in [7, 11) is 0. The van der Waals surface area contributed by atoms with Gasteiger partial charge in [0, 0.05) is 25.2 Å². The van der Waals surface area contributed by atoms with Crippen LogP contribution in [-0.4, -0.2) is 53.7 Å². The summed E-state index contributed by atoms with van der Waals surface area (Å²) in [5.41, 5.74) is -0.807. The highest BCUT2D eigenvalue weighted by atomic mass is 16.6. The van der Waals surface area contributed by atoms with Gasteiger partial charge >= 0.3 is 6.09 Å². The van der Waals surface area contributed by atoms with Crippen molar-refractivity contribution >= 4 is 12.0 Å². The molecule has 0 saturated carbocycles. The lowest BCUT2D eigenvalue weighted by Gasteiger charge is -2.35. The van der Waals surface area contributed by atoms with Gasteiger partial charge in [0.05, 0.1) is 0 Å². The number of ether oxygens (including phenoxy) is 1. The molecule has 1 saturated heterocycles. The summed E-state index contributed by atoms with van der Waals surface area (Å²) in [6.07, 6.45) is -0.368. The molecule has 1 aliphatic heterocycles. The zero-order chi connectivity index (χ0) is 15.6. The standard InChI is InChI=1S/C14H27N3O3/c1-13(2,3)16-11(18)10-9-17(8-7-15-10)12(19)20-14(4,5)6/h10,15H,7-9H2,1-6H3,(H,16,18). The summed E-state index contributed by atoms with van der Waals surface area (Å²) in [6.45, 7) is 12.7. The van der Waals surface area contributed by atoms with Crippen molar-refractivity contribution in [3.05, 3.63) is 0 Å². The number of nitrogens with one attached hydrogen (secondary N) is 2. The minimum absolute atomic E-state index is 0.0919. The molecule has 0 aromatic heterocycles. The number of piperazine rings is 1. The first-order valence-electron chi connectivity index (χ1n) is 7.01. The van der Waals surface area contributed by atoms with Gasteiger partial charge in [-0.1, -0.05) is 0 Å². The van der Waals surface area contributed by atoms with Crippen LogP contribution in [0.3, 0.4) is 0 Å². The average molecular weight is 285 g/mol. The maximum Gasteiger partial charge on any atom is 0.410 e. The summed E-state index contributed by atoms with van der Waals surface area (Å²) in [5, 5.41) is 6.04. The fourth-order valence-corrected chi connectivity index (χ4v) is 1.87. The molecule has 116 valence electrons. The maximum atomic E-state index is 12.1. The van der Waals surface area contributed by atoms with Crippen molar-refractivity contribution in [1.82, 2.24) is 15.5 Å². The molecule has 1 unspecified atom stereocenters. The van der Waals surface area contributed by atoms with Crippen LogP contribution in [0.1, 0.15) is 41.5 Å². The van der Waals surface area contributed by atoms with Crippen molar-refractivity contribution in [3.63, 3.8) is 0 Å². The first-order valence-corrected chi connectivity index (χ1v) is 7.01. The van der Waals surface area contributed by atoms with Crippen LogP contribution in [0.5, 0.6) is 0 Å². The van der Waals surface area contributed by atoms with Crippen LogP contribution >= 0.6 is 0 Å². The number of hydrogen-bond acceptors (Lipinski definition) is 4. The Hall–Kier alpha value is -1.30. The number of hydrogen-bond donors (Lipinski definition) is 2. The second-order valence-corrected chi connectivity index (χ2v) is 7.17. The minimum Gasteiger partial charge on any atom is -0.444 e. The molecule has 20 heavy (non-hydrogen) atoms. The van der Waals surface area contributed by atoms with Crippen molar-refractivity contribution < 1.29 is 14.3 Å². The van der Waals surface area contributed by atoms with Crippen molar-refractivity contribution in [2.24, 2.45) is 0 Å². The van der Waals surface area contributed by atoms with E-state index < -0.39 is 11.6 Å². The maximum absolute atomic E-state index is 12.1. The molecular weight excluding hydrogens is 258 g/mol. The van der Waals surface area contributed by atoms with Gasteiger partial charge in [-0.3, -0.25) is 4.79 Å². The molecule has 0 spiro atoms. The third kappa shape index (κ3) is 5.77. The van der Waals surface area contributed by atoms with E-state index in [1.54, 1.807) is 4.90 Å². The highest BCUT2D eigenvalue weighted by molar-refractivity contribution is 5.83. The molecule has 0 aromatic rings. The Labute approximate surface area is 121 Å². The zero-order valence-electron chi connectivity index (χ0n) is 13.4. The first-order chi connectivity index (χ1) is 8.98. The van der Waals surface area contributed by atoms with E-state index in [9.17, 15) is 9.59 Å². The highest BCUT2D eigenvalue weighted by Crippen LogP contribution is 2.12. The SMILES string of the molecule is CC(C)(C)NC(=O)C1CN(C(=O)OC(C)(C)C)CCN1. The molecule has 1 atom stereocenters. The van der Waals surface area contributed by atoms with Crippen LogP contribution in [0.4, 0.5) is 4.79 Å². The molecule has 0 aromatic carbocycles. The molecule has 1 fully saturated rings. The molecule has 6 nitrogen and oxygen atoms in total. The number of carbonyl (C=O) groups excluding carboxylic acids is 2. The van der Waals surface area contributed by atoms with Gasteiger partial charge in [-0.05, 0) is 41.5 Å². The van der Waals surface area contributed by atoms with Gasteiger partial charge < -0.3 is 20.3 Å². The van der Waals surface area contributed by atoms with Gasteiger partial charge in [-0.2, -0.15) is 0 Å². The minimum atomic E-state index is -0.523. The third-order valence-electron chi connectivity index (χ3n) is 2.64. The van der Waals surface area contributed by atoms with Gasteiger partial charge in [0.25, 0.3) is 0 Å². The number of nitrogens with zero attached hydrogens (tertiary/aromatic N) is 1. The van der Waals surface area contributed by atoms with Crippen LogP contribution in [-0.2, 0) is 9.53 Å². The molecule has 1 heterocycles. The zero-order valence-corrected chi connectivity index (χ0v) is 13.4. The van der Waals surface area contributed by atoms with Gasteiger partial charge in [-0.25, -0.2) is 4.79 Å². The highest BCUT2D eigenvalue weighted by Gasteiger charge is 2.31. The van der Waals surface area contributed by atoms with Gasteiger partial charge in [-0.15, -0.1) is 0 Å². The predicted molar refractivity (Wildman–Crippen MR) is 77.5 cm³/mol. The molecule has 1 rings (SSSR count). The molecule has 2 N–H and O–H groups in total. The lowest BCUT2D eigenvalue weighted by atomic mass is 10.1. The summed E-state index contributed by atoms with van der Waals surface area (Å²) < 4.78 is 5.33. The Bertz CT molecular complexity index is 335. The van der Waals surface area contributed by atoms with E-state index in [4.69, 9.17) is 4.74 Å². The van der Waals surface area contributed by atoms with Gasteiger partial charge in [0.15, 0.2) is 0 Å². The van der Waals surface area contributed by atoms with Crippen molar-refractivity contribution in [2.45, 2.75) is 58.7 Å². The molecule has 0 radical (unpaired) electrons. The van der Waals surface area contributed by atoms with Crippen molar-refractivity contribution in [1.29, 1.82) is 0 Å². The summed E-state index contributed by atoms with van der Waals surface area (Å²) in [5.74, 6) is -0.0919. The fourth-order valence-electron chi connectivity index (χ4n) is 1.87. The normalized spacial score (nSPS) is 20.5. The molecule has 0 aliphatic carbocycles. The first kappa shape index (κ1) is 16.8. The van der Waals surface area contributed by atoms with E-state index in [2.05, 4.69) is 10.6 Å². The van der Waals surface area contributed by atoms with Crippen LogP contribution in [0.15, 0.2) is 0 Å². The van der Waals surface area contributed by atoms with Gasteiger partial charge in [0.2, 0.25) is 5.91 Å². The Morgan fingerprint density at radius 3 is 2.30 bits per heavy atom. The molecule has 0 bridgehead atoms. The second kappa shape index (κ2) is 5.99. The summed E-state index contributed by atoms with van der Waals surface area (Å²) >= 11 is 0. The van der Waals surface area contributed by atoms with Crippen molar-refractivity contribution in [3.8, 4) is 0 Å². The largest absolute Gasteiger partial charge is 0.444 e. The van der Waals surface area contributed by atoms with Crippen molar-refractivity contribution in [2.75, 3.05) is 19.6 Å². The Kier molecular flexibility index (Phi) is 5.02. The van der Waals surface area contributed by atoms with E-state index >= 15 is 0 Å². The average Bonchev–Trinajstić information content (AvgIpc) is 2.24. The molecule has 1 aliphatic rings. The van der Waals surface area contributed by atoms with Crippen LogP contribution in [0.25, 0.3) is 0 Å². The molecule has 6 heteroatoms. The second-order valence-electron chi connectivity index (χ2n) is 7.17. The fraction of sp³-hybridized carbons (Fsp3) is 0.857. The predicted octanol–water partition coefficient (Wildman–Crippen LogP) is 1.11. The van der Waals surface area contributed by atoms with Crippen LogP contribution in [0.2, 0.25) is 0 Å². The van der Waals surface area contributed by atoms with E-state index in [1.165, 1.54) is 0 Å². The van der Waals surface area contributed by atoms with E-state index in [-0.39, 0.29) is 17.5 Å². The number of rotatable bonds is 1. The smallest absolute Gasteiger partial charge is 0.410 e. The number of carbonyl (C=O) groups is 2. The van der Waals surface area contributed by atoms with E-state index in [1.807, 2.05) is 41.5 Å². The number of amides is 2. The Morgan fingerprint density at radius 2 is 1.80 bits per heavy atom. The quantitative estimate of drug-likeness (QED) is 0.757. The van der Waals surface area contributed by atoms with Gasteiger partial charge in [0.1, 0.15) is 11.6 Å². The Balaban J connectivity index is 2.58. The molecule has 2 amide bonds. The van der Waals surface area contributed by atoms with Crippen LogP contribution in [0, 0.1) is 0 Å².